The SMILES string of the molecule is CCOc1cccc(Br)c1NS(=O)(=O)c1ccc(C)cc1. The number of hydrogen-bond acceptors (Lipinski definition) is 3. The molecular formula is C15H16BrNO3S. The molecule has 112 valence electrons. The van der Waals surface area contributed by atoms with E-state index in [4.69, 9.17) is 4.74 Å². The van der Waals surface area contributed by atoms with E-state index in [9.17, 15) is 8.42 Å². The number of anilines is 1. The molecule has 21 heavy (non-hydrogen) atoms. The maximum Gasteiger partial charge on any atom is 0.262 e. The van der Waals surface area contributed by atoms with Crippen molar-refractivity contribution in [2.75, 3.05) is 11.3 Å². The second-order valence-corrected chi connectivity index (χ2v) is 7.00. The van der Waals surface area contributed by atoms with E-state index in [0.29, 0.717) is 22.5 Å². The van der Waals surface area contributed by atoms with Crippen molar-refractivity contribution < 1.29 is 13.2 Å². The Labute approximate surface area is 133 Å². The van der Waals surface area contributed by atoms with Crippen molar-refractivity contribution >= 4 is 31.6 Å². The van der Waals surface area contributed by atoms with E-state index in [0.717, 1.165) is 5.56 Å². The van der Waals surface area contributed by atoms with Gasteiger partial charge in [0.2, 0.25) is 0 Å². The van der Waals surface area contributed by atoms with E-state index in [1.807, 2.05) is 13.8 Å². The van der Waals surface area contributed by atoms with E-state index in [-0.39, 0.29) is 4.90 Å². The highest BCUT2D eigenvalue weighted by atomic mass is 79.9. The lowest BCUT2D eigenvalue weighted by Gasteiger charge is -2.14. The average molecular weight is 370 g/mol. The molecule has 0 aliphatic heterocycles. The summed E-state index contributed by atoms with van der Waals surface area (Å²) in [6.07, 6.45) is 0. The van der Waals surface area contributed by atoms with E-state index in [2.05, 4.69) is 20.7 Å². The van der Waals surface area contributed by atoms with Crippen LogP contribution in [0.1, 0.15) is 12.5 Å². The molecular weight excluding hydrogens is 354 g/mol. The van der Waals surface area contributed by atoms with Crippen LogP contribution in [0, 0.1) is 6.92 Å². The van der Waals surface area contributed by atoms with Gasteiger partial charge in [0.25, 0.3) is 10.0 Å². The van der Waals surface area contributed by atoms with Crippen LogP contribution in [0.3, 0.4) is 0 Å². The summed E-state index contributed by atoms with van der Waals surface area (Å²) in [6.45, 7) is 4.21. The van der Waals surface area contributed by atoms with Crippen LogP contribution in [0.15, 0.2) is 51.8 Å². The second-order valence-electron chi connectivity index (χ2n) is 4.46. The van der Waals surface area contributed by atoms with Gasteiger partial charge >= 0.3 is 0 Å². The van der Waals surface area contributed by atoms with Crippen LogP contribution in [-0.4, -0.2) is 15.0 Å². The van der Waals surface area contributed by atoms with Crippen molar-refractivity contribution in [1.82, 2.24) is 0 Å². The Morgan fingerprint density at radius 3 is 2.43 bits per heavy atom. The molecule has 0 fully saturated rings. The topological polar surface area (TPSA) is 55.4 Å². The Hall–Kier alpha value is -1.53. The largest absolute Gasteiger partial charge is 0.492 e. The Bertz CT molecular complexity index is 727. The van der Waals surface area contributed by atoms with Gasteiger partial charge in [-0.2, -0.15) is 0 Å². The molecule has 0 bridgehead atoms. The number of ether oxygens (including phenoxy) is 1. The van der Waals surface area contributed by atoms with Crippen molar-refractivity contribution in [2.24, 2.45) is 0 Å². The molecule has 0 unspecified atom stereocenters. The van der Waals surface area contributed by atoms with Crippen molar-refractivity contribution in [3.63, 3.8) is 0 Å². The molecule has 4 nitrogen and oxygen atoms in total. The first kappa shape index (κ1) is 15.9. The Morgan fingerprint density at radius 1 is 1.14 bits per heavy atom. The van der Waals surface area contributed by atoms with Crippen molar-refractivity contribution in [2.45, 2.75) is 18.7 Å². The number of sulfonamides is 1. The van der Waals surface area contributed by atoms with Gasteiger partial charge in [-0.25, -0.2) is 8.42 Å². The predicted molar refractivity (Wildman–Crippen MR) is 87.3 cm³/mol. The molecule has 0 saturated carbocycles. The van der Waals surface area contributed by atoms with E-state index >= 15 is 0 Å². The maximum atomic E-state index is 12.4. The molecule has 0 aromatic heterocycles. The highest BCUT2D eigenvalue weighted by Crippen LogP contribution is 2.34. The van der Waals surface area contributed by atoms with Crippen LogP contribution in [0.4, 0.5) is 5.69 Å². The van der Waals surface area contributed by atoms with Gasteiger partial charge in [-0.3, -0.25) is 4.72 Å². The summed E-state index contributed by atoms with van der Waals surface area (Å²) in [5.41, 5.74) is 1.41. The summed E-state index contributed by atoms with van der Waals surface area (Å²) in [4.78, 5) is 0.214. The molecule has 2 aromatic rings. The normalized spacial score (nSPS) is 11.2. The molecule has 0 atom stereocenters. The van der Waals surface area contributed by atoms with Crippen LogP contribution in [-0.2, 0) is 10.0 Å². The maximum absolute atomic E-state index is 12.4. The fraction of sp³-hybridized carbons (Fsp3) is 0.200. The van der Waals surface area contributed by atoms with Crippen LogP contribution in [0.25, 0.3) is 0 Å². The van der Waals surface area contributed by atoms with E-state index in [1.165, 1.54) is 0 Å². The summed E-state index contributed by atoms with van der Waals surface area (Å²) in [5, 5.41) is 0. The Balaban J connectivity index is 2.39. The first-order valence-electron chi connectivity index (χ1n) is 6.45. The third-order valence-corrected chi connectivity index (χ3v) is 4.87. The van der Waals surface area contributed by atoms with Crippen molar-refractivity contribution in [1.29, 1.82) is 0 Å². The lowest BCUT2D eigenvalue weighted by Crippen LogP contribution is -2.14. The van der Waals surface area contributed by atoms with Gasteiger partial charge in [0.15, 0.2) is 0 Å². The quantitative estimate of drug-likeness (QED) is 0.867. The zero-order chi connectivity index (χ0) is 15.5. The average Bonchev–Trinajstić information content (AvgIpc) is 2.43. The van der Waals surface area contributed by atoms with Crippen molar-refractivity contribution in [3.05, 3.63) is 52.5 Å². The first-order chi connectivity index (χ1) is 9.94. The minimum atomic E-state index is -3.65. The number of hydrogen-bond donors (Lipinski definition) is 1. The highest BCUT2D eigenvalue weighted by Gasteiger charge is 2.18. The van der Waals surface area contributed by atoms with Gasteiger partial charge < -0.3 is 4.74 Å². The Kier molecular flexibility index (Phi) is 4.90. The molecule has 6 heteroatoms. The number of nitrogens with one attached hydrogen (secondary N) is 1. The zero-order valence-corrected chi connectivity index (χ0v) is 14.2. The summed E-state index contributed by atoms with van der Waals surface area (Å²) in [7, 11) is -3.65. The molecule has 2 aromatic carbocycles. The van der Waals surface area contributed by atoms with Crippen LogP contribution in [0.5, 0.6) is 5.75 Å². The van der Waals surface area contributed by atoms with Crippen LogP contribution < -0.4 is 9.46 Å². The number of aryl methyl sites for hydroxylation is 1. The van der Waals surface area contributed by atoms with Crippen molar-refractivity contribution in [3.8, 4) is 5.75 Å². The van der Waals surface area contributed by atoms with E-state index < -0.39 is 10.0 Å². The second kappa shape index (κ2) is 6.49. The number of para-hydroxylation sites is 1. The molecule has 0 amide bonds. The minimum absolute atomic E-state index is 0.214. The molecule has 0 radical (unpaired) electrons. The van der Waals surface area contributed by atoms with E-state index in [1.54, 1.807) is 42.5 Å². The molecule has 0 saturated heterocycles. The minimum Gasteiger partial charge on any atom is -0.492 e. The lowest BCUT2D eigenvalue weighted by atomic mass is 10.2. The molecule has 1 N–H and O–H groups in total. The van der Waals surface area contributed by atoms with Gasteiger partial charge in [0.1, 0.15) is 11.4 Å². The zero-order valence-electron chi connectivity index (χ0n) is 11.8. The number of halogens is 1. The standard InChI is InChI=1S/C15H16BrNO3S/c1-3-20-14-6-4-5-13(16)15(14)17-21(18,19)12-9-7-11(2)8-10-12/h4-10,17H,3H2,1-2H3. The summed E-state index contributed by atoms with van der Waals surface area (Å²) in [6, 6.07) is 12.0. The monoisotopic (exact) mass is 369 g/mol. The first-order valence-corrected chi connectivity index (χ1v) is 8.72. The molecule has 2 rings (SSSR count). The predicted octanol–water partition coefficient (Wildman–Crippen LogP) is 3.96. The van der Waals surface area contributed by atoms with Gasteiger partial charge in [-0.1, -0.05) is 23.8 Å². The van der Waals surface area contributed by atoms with Gasteiger partial charge in [0, 0.05) is 4.47 Å². The summed E-state index contributed by atoms with van der Waals surface area (Å²) >= 11 is 3.35. The third kappa shape index (κ3) is 3.77. The van der Waals surface area contributed by atoms with Gasteiger partial charge in [-0.15, -0.1) is 0 Å². The molecule has 0 aliphatic rings. The van der Waals surface area contributed by atoms with Crippen LogP contribution >= 0.6 is 15.9 Å². The van der Waals surface area contributed by atoms with Gasteiger partial charge in [-0.05, 0) is 54.0 Å². The lowest BCUT2D eigenvalue weighted by molar-refractivity contribution is 0.342. The molecule has 0 heterocycles. The smallest absolute Gasteiger partial charge is 0.262 e. The molecule has 0 spiro atoms. The fourth-order valence-corrected chi connectivity index (χ4v) is 3.46. The Morgan fingerprint density at radius 2 is 1.81 bits per heavy atom. The third-order valence-electron chi connectivity index (χ3n) is 2.84. The molecule has 0 aliphatic carbocycles. The van der Waals surface area contributed by atoms with Gasteiger partial charge in [0.05, 0.1) is 11.5 Å². The number of benzene rings is 2. The highest BCUT2D eigenvalue weighted by molar-refractivity contribution is 9.10. The number of rotatable bonds is 5. The summed E-state index contributed by atoms with van der Waals surface area (Å²) < 4.78 is 33.5. The summed E-state index contributed by atoms with van der Waals surface area (Å²) in [5.74, 6) is 0.488. The van der Waals surface area contributed by atoms with Crippen LogP contribution in [0.2, 0.25) is 0 Å². The fourth-order valence-electron chi connectivity index (χ4n) is 1.79.